The largest absolute Gasteiger partial charge is 0.373 e. The van der Waals surface area contributed by atoms with Crippen molar-refractivity contribution >= 4 is 5.69 Å². The van der Waals surface area contributed by atoms with Gasteiger partial charge in [0.1, 0.15) is 0 Å². The highest BCUT2D eigenvalue weighted by molar-refractivity contribution is 5.41. The van der Waals surface area contributed by atoms with E-state index < -0.39 is 0 Å². The standard InChI is InChI=1S/C13H24N4O/c1-5-6-16(4)11-7-13(18)17(15-8-11)9-12(14)10(2)3/h7-8,10,12H,5-6,9,14H2,1-4H3. The molecular weight excluding hydrogens is 228 g/mol. The molecule has 1 atom stereocenters. The van der Waals surface area contributed by atoms with Crippen molar-refractivity contribution in [1.29, 1.82) is 0 Å². The lowest BCUT2D eigenvalue weighted by atomic mass is 10.1. The predicted octanol–water partition coefficient (Wildman–Crippen LogP) is 1.07. The quantitative estimate of drug-likeness (QED) is 0.822. The summed E-state index contributed by atoms with van der Waals surface area (Å²) in [5, 5.41) is 4.19. The zero-order chi connectivity index (χ0) is 13.7. The van der Waals surface area contributed by atoms with E-state index in [4.69, 9.17) is 5.73 Å². The van der Waals surface area contributed by atoms with Gasteiger partial charge in [-0.2, -0.15) is 5.10 Å². The van der Waals surface area contributed by atoms with Crippen LogP contribution >= 0.6 is 0 Å². The van der Waals surface area contributed by atoms with Gasteiger partial charge in [-0.3, -0.25) is 4.79 Å². The fourth-order valence-electron chi connectivity index (χ4n) is 1.64. The average molecular weight is 252 g/mol. The molecule has 1 aromatic rings. The number of hydrogen-bond acceptors (Lipinski definition) is 4. The normalized spacial score (nSPS) is 12.8. The molecule has 0 amide bonds. The average Bonchev–Trinajstić information content (AvgIpc) is 2.31. The van der Waals surface area contributed by atoms with Gasteiger partial charge in [0.25, 0.3) is 5.56 Å². The summed E-state index contributed by atoms with van der Waals surface area (Å²) in [6.45, 7) is 7.57. The molecule has 0 fully saturated rings. The number of nitrogens with two attached hydrogens (primary N) is 1. The van der Waals surface area contributed by atoms with Gasteiger partial charge in [0.2, 0.25) is 0 Å². The van der Waals surface area contributed by atoms with E-state index in [2.05, 4.69) is 12.0 Å². The number of anilines is 1. The predicted molar refractivity (Wildman–Crippen MR) is 74.9 cm³/mol. The summed E-state index contributed by atoms with van der Waals surface area (Å²) < 4.78 is 1.44. The summed E-state index contributed by atoms with van der Waals surface area (Å²) >= 11 is 0. The van der Waals surface area contributed by atoms with Crippen LogP contribution in [0.25, 0.3) is 0 Å². The van der Waals surface area contributed by atoms with Crippen LogP contribution in [0.5, 0.6) is 0 Å². The van der Waals surface area contributed by atoms with Crippen LogP contribution in [0.2, 0.25) is 0 Å². The molecule has 0 aliphatic heterocycles. The van der Waals surface area contributed by atoms with Crippen LogP contribution in [-0.2, 0) is 6.54 Å². The molecule has 18 heavy (non-hydrogen) atoms. The van der Waals surface area contributed by atoms with Crippen molar-refractivity contribution in [3.63, 3.8) is 0 Å². The first kappa shape index (κ1) is 14.7. The van der Waals surface area contributed by atoms with Crippen molar-refractivity contribution in [2.45, 2.75) is 39.8 Å². The third-order valence-corrected chi connectivity index (χ3v) is 3.09. The number of rotatable bonds is 6. The summed E-state index contributed by atoms with van der Waals surface area (Å²) in [5.41, 5.74) is 6.72. The Balaban J connectivity index is 2.83. The minimum Gasteiger partial charge on any atom is -0.373 e. The summed E-state index contributed by atoms with van der Waals surface area (Å²) in [5.74, 6) is 0.334. The van der Waals surface area contributed by atoms with Crippen molar-refractivity contribution in [2.75, 3.05) is 18.5 Å². The zero-order valence-electron chi connectivity index (χ0n) is 11.8. The molecule has 0 spiro atoms. The number of nitrogens with zero attached hydrogens (tertiary/aromatic N) is 3. The first-order chi connectivity index (χ1) is 8.45. The Hall–Kier alpha value is -1.36. The van der Waals surface area contributed by atoms with Crippen LogP contribution < -0.4 is 16.2 Å². The first-order valence-electron chi connectivity index (χ1n) is 6.49. The molecule has 1 heterocycles. The third-order valence-electron chi connectivity index (χ3n) is 3.09. The van der Waals surface area contributed by atoms with Crippen molar-refractivity contribution in [3.8, 4) is 0 Å². The third kappa shape index (κ3) is 3.84. The van der Waals surface area contributed by atoms with Crippen LogP contribution in [-0.4, -0.2) is 29.4 Å². The van der Waals surface area contributed by atoms with Crippen LogP contribution in [0.4, 0.5) is 5.69 Å². The van der Waals surface area contributed by atoms with Crippen molar-refractivity contribution in [1.82, 2.24) is 9.78 Å². The maximum absolute atomic E-state index is 11.9. The Morgan fingerprint density at radius 2 is 2.17 bits per heavy atom. The van der Waals surface area contributed by atoms with Gasteiger partial charge >= 0.3 is 0 Å². The van der Waals surface area contributed by atoms with Gasteiger partial charge in [-0.25, -0.2) is 4.68 Å². The molecule has 1 rings (SSSR count). The lowest BCUT2D eigenvalue weighted by Gasteiger charge is -2.19. The summed E-state index contributed by atoms with van der Waals surface area (Å²) in [4.78, 5) is 14.0. The minimum atomic E-state index is -0.0912. The summed E-state index contributed by atoms with van der Waals surface area (Å²) in [6.07, 6.45) is 2.77. The molecule has 0 aliphatic carbocycles. The second-order valence-corrected chi connectivity index (χ2v) is 5.06. The van der Waals surface area contributed by atoms with Crippen molar-refractivity contribution in [2.24, 2.45) is 11.7 Å². The molecule has 0 aliphatic rings. The molecule has 2 N–H and O–H groups in total. The summed E-state index contributed by atoms with van der Waals surface area (Å²) in [7, 11) is 1.96. The van der Waals surface area contributed by atoms with Gasteiger partial charge in [-0.15, -0.1) is 0 Å². The minimum absolute atomic E-state index is 0.0468. The van der Waals surface area contributed by atoms with E-state index in [9.17, 15) is 4.79 Å². The molecular formula is C13H24N4O. The van der Waals surface area contributed by atoms with Gasteiger partial charge in [-0.05, 0) is 12.3 Å². The van der Waals surface area contributed by atoms with Gasteiger partial charge in [0.05, 0.1) is 18.4 Å². The maximum atomic E-state index is 11.9. The van der Waals surface area contributed by atoms with Crippen LogP contribution in [0.3, 0.4) is 0 Å². The Morgan fingerprint density at radius 3 is 2.67 bits per heavy atom. The van der Waals surface area contributed by atoms with Crippen molar-refractivity contribution < 1.29 is 0 Å². The lowest BCUT2D eigenvalue weighted by Crippen LogP contribution is -2.37. The van der Waals surface area contributed by atoms with Gasteiger partial charge in [0.15, 0.2) is 0 Å². The highest BCUT2D eigenvalue weighted by atomic mass is 16.1. The molecule has 1 unspecified atom stereocenters. The van der Waals surface area contributed by atoms with E-state index in [1.54, 1.807) is 12.3 Å². The fourth-order valence-corrected chi connectivity index (χ4v) is 1.64. The topological polar surface area (TPSA) is 64.2 Å². The first-order valence-corrected chi connectivity index (χ1v) is 6.49. The van der Waals surface area contributed by atoms with Gasteiger partial charge in [-0.1, -0.05) is 20.8 Å². The van der Waals surface area contributed by atoms with Crippen molar-refractivity contribution in [3.05, 3.63) is 22.6 Å². The van der Waals surface area contributed by atoms with E-state index in [-0.39, 0.29) is 11.6 Å². The molecule has 0 bridgehead atoms. The number of aromatic nitrogens is 2. The fraction of sp³-hybridized carbons (Fsp3) is 0.692. The Labute approximate surface area is 109 Å². The van der Waals surface area contributed by atoms with E-state index in [1.165, 1.54) is 4.68 Å². The Morgan fingerprint density at radius 1 is 1.50 bits per heavy atom. The van der Waals surface area contributed by atoms with E-state index >= 15 is 0 Å². The Bertz CT molecular complexity index is 427. The van der Waals surface area contributed by atoms with E-state index in [0.717, 1.165) is 18.7 Å². The smallest absolute Gasteiger partial charge is 0.268 e. The highest BCUT2D eigenvalue weighted by Crippen LogP contribution is 2.07. The lowest BCUT2D eigenvalue weighted by molar-refractivity contribution is 0.403. The number of hydrogen-bond donors (Lipinski definition) is 1. The monoisotopic (exact) mass is 252 g/mol. The molecule has 0 radical (unpaired) electrons. The summed E-state index contributed by atoms with van der Waals surface area (Å²) in [6, 6.07) is 1.57. The molecule has 0 aromatic carbocycles. The second-order valence-electron chi connectivity index (χ2n) is 5.06. The van der Waals surface area contributed by atoms with E-state index in [1.807, 2.05) is 25.8 Å². The van der Waals surface area contributed by atoms with Gasteiger partial charge in [0, 0.05) is 25.7 Å². The Kier molecular flexibility index (Phi) is 5.34. The maximum Gasteiger partial charge on any atom is 0.268 e. The van der Waals surface area contributed by atoms with Crippen LogP contribution in [0, 0.1) is 5.92 Å². The van der Waals surface area contributed by atoms with Gasteiger partial charge < -0.3 is 10.6 Å². The van der Waals surface area contributed by atoms with E-state index in [0.29, 0.717) is 12.5 Å². The van der Waals surface area contributed by atoms with Crippen LogP contribution in [0.1, 0.15) is 27.2 Å². The highest BCUT2D eigenvalue weighted by Gasteiger charge is 2.11. The molecule has 0 saturated heterocycles. The van der Waals surface area contributed by atoms with Crippen LogP contribution in [0.15, 0.2) is 17.1 Å². The zero-order valence-corrected chi connectivity index (χ0v) is 11.8. The molecule has 5 heteroatoms. The second kappa shape index (κ2) is 6.54. The molecule has 5 nitrogen and oxygen atoms in total. The SMILES string of the molecule is CCCN(C)c1cnn(CC(N)C(C)C)c(=O)c1. The molecule has 102 valence electrons. The molecule has 0 saturated carbocycles. The molecule has 1 aromatic heterocycles.